The normalized spacial score (nSPS) is 12.2. The number of aliphatic hydroxyl groups excluding tert-OH is 1. The van der Waals surface area contributed by atoms with Crippen LogP contribution in [0.5, 0.6) is 0 Å². The largest absolute Gasteiger partial charge is 0.455 e. The van der Waals surface area contributed by atoms with E-state index in [0.717, 1.165) is 6.08 Å². The van der Waals surface area contributed by atoms with Crippen LogP contribution in [-0.2, 0) is 9.53 Å². The van der Waals surface area contributed by atoms with Gasteiger partial charge in [-0.25, -0.2) is 4.79 Å². The molecular formula is C6H11NO3. The second-order valence-electron chi connectivity index (χ2n) is 1.68. The Balaban J connectivity index is 3.62. The number of carbonyl (C=O) groups excluding carboxylic acids is 1. The molecule has 10 heavy (non-hydrogen) atoms. The van der Waals surface area contributed by atoms with Crippen molar-refractivity contribution in [3.8, 4) is 0 Å². The second kappa shape index (κ2) is 4.96. The summed E-state index contributed by atoms with van der Waals surface area (Å²) in [4.78, 5) is 10.4. The molecule has 0 fully saturated rings. The highest BCUT2D eigenvalue weighted by Gasteiger charge is 2.07. The number of nitrogens with two attached hydrogens (primary N) is 1. The van der Waals surface area contributed by atoms with Crippen LogP contribution in [0, 0.1) is 0 Å². The van der Waals surface area contributed by atoms with Gasteiger partial charge in [0.1, 0.15) is 6.10 Å². The number of rotatable bonds is 4. The van der Waals surface area contributed by atoms with Crippen molar-refractivity contribution in [2.75, 3.05) is 13.2 Å². The van der Waals surface area contributed by atoms with E-state index >= 15 is 0 Å². The zero-order valence-electron chi connectivity index (χ0n) is 5.62. The first-order valence-electron chi connectivity index (χ1n) is 2.88. The summed E-state index contributed by atoms with van der Waals surface area (Å²) < 4.78 is 4.57. The van der Waals surface area contributed by atoms with Gasteiger partial charge in [0.15, 0.2) is 0 Å². The van der Waals surface area contributed by atoms with Gasteiger partial charge in [-0.2, -0.15) is 0 Å². The molecule has 0 aliphatic rings. The summed E-state index contributed by atoms with van der Waals surface area (Å²) in [5, 5.41) is 8.48. The average Bonchev–Trinajstić information content (AvgIpc) is 1.99. The molecule has 4 nitrogen and oxygen atoms in total. The SMILES string of the molecule is C=CC(=O)OC(CN)CO. The van der Waals surface area contributed by atoms with Gasteiger partial charge in [0.2, 0.25) is 0 Å². The van der Waals surface area contributed by atoms with Crippen molar-refractivity contribution in [2.24, 2.45) is 5.73 Å². The number of hydrogen-bond acceptors (Lipinski definition) is 4. The Kier molecular flexibility index (Phi) is 4.53. The molecule has 4 heteroatoms. The number of hydrogen-bond donors (Lipinski definition) is 2. The van der Waals surface area contributed by atoms with Crippen LogP contribution in [0.3, 0.4) is 0 Å². The molecule has 0 aromatic heterocycles. The monoisotopic (exact) mass is 145 g/mol. The Hall–Kier alpha value is -0.870. The van der Waals surface area contributed by atoms with Crippen LogP contribution in [0.2, 0.25) is 0 Å². The summed E-state index contributed by atoms with van der Waals surface area (Å²) in [6.45, 7) is 3.05. The third kappa shape index (κ3) is 3.21. The molecule has 58 valence electrons. The molecule has 0 saturated carbocycles. The Morgan fingerprint density at radius 1 is 1.90 bits per heavy atom. The topological polar surface area (TPSA) is 72.5 Å². The maximum Gasteiger partial charge on any atom is 0.330 e. The lowest BCUT2D eigenvalue weighted by atomic mass is 10.4. The standard InChI is InChI=1S/C6H11NO3/c1-2-6(9)10-5(3-7)4-8/h2,5,8H,1,3-4,7H2. The molecule has 0 amide bonds. The molecule has 1 unspecified atom stereocenters. The Morgan fingerprint density at radius 3 is 2.80 bits per heavy atom. The predicted octanol–water partition coefficient (Wildman–Crippen LogP) is -0.965. The van der Waals surface area contributed by atoms with Crippen molar-refractivity contribution < 1.29 is 14.6 Å². The molecule has 0 aliphatic carbocycles. The van der Waals surface area contributed by atoms with Crippen LogP contribution in [-0.4, -0.2) is 30.3 Å². The van der Waals surface area contributed by atoms with Crippen molar-refractivity contribution >= 4 is 5.97 Å². The van der Waals surface area contributed by atoms with Crippen molar-refractivity contribution in [2.45, 2.75) is 6.10 Å². The summed E-state index contributed by atoms with van der Waals surface area (Å²) in [5.41, 5.74) is 5.11. The van der Waals surface area contributed by atoms with E-state index in [1.54, 1.807) is 0 Å². The first-order chi connectivity index (χ1) is 4.74. The molecule has 0 aromatic carbocycles. The van der Waals surface area contributed by atoms with E-state index in [4.69, 9.17) is 10.8 Å². The van der Waals surface area contributed by atoms with Crippen LogP contribution >= 0.6 is 0 Å². The van der Waals surface area contributed by atoms with E-state index in [0.29, 0.717) is 0 Å². The van der Waals surface area contributed by atoms with E-state index in [1.165, 1.54) is 0 Å². The average molecular weight is 145 g/mol. The van der Waals surface area contributed by atoms with Crippen LogP contribution in [0.25, 0.3) is 0 Å². The van der Waals surface area contributed by atoms with Gasteiger partial charge in [0.05, 0.1) is 6.61 Å². The van der Waals surface area contributed by atoms with Gasteiger partial charge in [0.25, 0.3) is 0 Å². The summed E-state index contributed by atoms with van der Waals surface area (Å²) >= 11 is 0. The van der Waals surface area contributed by atoms with Gasteiger partial charge >= 0.3 is 5.97 Å². The number of carbonyl (C=O) groups is 1. The van der Waals surface area contributed by atoms with E-state index in [1.807, 2.05) is 0 Å². The highest BCUT2D eigenvalue weighted by atomic mass is 16.5. The second-order valence-corrected chi connectivity index (χ2v) is 1.68. The van der Waals surface area contributed by atoms with Crippen molar-refractivity contribution in [3.05, 3.63) is 12.7 Å². The third-order valence-corrected chi connectivity index (χ3v) is 0.916. The van der Waals surface area contributed by atoms with Gasteiger partial charge in [0, 0.05) is 12.6 Å². The first kappa shape index (κ1) is 9.13. The van der Waals surface area contributed by atoms with Gasteiger partial charge < -0.3 is 15.6 Å². The zero-order valence-corrected chi connectivity index (χ0v) is 5.62. The molecule has 0 aromatic rings. The van der Waals surface area contributed by atoms with Crippen LogP contribution in [0.1, 0.15) is 0 Å². The molecule has 0 spiro atoms. The quantitative estimate of drug-likeness (QED) is 0.394. The first-order valence-corrected chi connectivity index (χ1v) is 2.88. The summed E-state index contributed by atoms with van der Waals surface area (Å²) in [7, 11) is 0. The highest BCUT2D eigenvalue weighted by molar-refractivity contribution is 5.81. The minimum absolute atomic E-state index is 0.121. The Morgan fingerprint density at radius 2 is 2.50 bits per heavy atom. The molecular weight excluding hydrogens is 134 g/mol. The van der Waals surface area contributed by atoms with Gasteiger partial charge in [-0.15, -0.1) is 0 Å². The van der Waals surface area contributed by atoms with E-state index in [2.05, 4.69) is 11.3 Å². The Labute approximate surface area is 59.3 Å². The molecule has 0 radical (unpaired) electrons. The number of aliphatic hydroxyl groups is 1. The van der Waals surface area contributed by atoms with Crippen molar-refractivity contribution in [3.63, 3.8) is 0 Å². The van der Waals surface area contributed by atoms with E-state index < -0.39 is 12.1 Å². The zero-order chi connectivity index (χ0) is 7.98. The van der Waals surface area contributed by atoms with Crippen LogP contribution in [0.15, 0.2) is 12.7 Å². The predicted molar refractivity (Wildman–Crippen MR) is 36.2 cm³/mol. The maximum atomic E-state index is 10.4. The fraction of sp³-hybridized carbons (Fsp3) is 0.500. The lowest BCUT2D eigenvalue weighted by Gasteiger charge is -2.10. The number of esters is 1. The number of ether oxygens (including phenoxy) is 1. The van der Waals surface area contributed by atoms with Gasteiger partial charge in [-0.3, -0.25) is 0 Å². The van der Waals surface area contributed by atoms with E-state index in [9.17, 15) is 4.79 Å². The lowest BCUT2D eigenvalue weighted by Crippen LogP contribution is -2.29. The smallest absolute Gasteiger partial charge is 0.330 e. The lowest BCUT2D eigenvalue weighted by molar-refractivity contribution is -0.144. The van der Waals surface area contributed by atoms with Gasteiger partial charge in [-0.1, -0.05) is 6.58 Å². The fourth-order valence-corrected chi connectivity index (χ4v) is 0.372. The molecule has 3 N–H and O–H groups in total. The summed E-state index contributed by atoms with van der Waals surface area (Å²) in [5.74, 6) is -0.565. The minimum Gasteiger partial charge on any atom is -0.455 e. The van der Waals surface area contributed by atoms with Crippen LogP contribution < -0.4 is 5.73 Å². The van der Waals surface area contributed by atoms with Crippen LogP contribution in [0.4, 0.5) is 0 Å². The summed E-state index contributed by atoms with van der Waals surface area (Å²) in [6.07, 6.45) is 0.420. The fourth-order valence-electron chi connectivity index (χ4n) is 0.372. The Bertz CT molecular complexity index is 120. The summed E-state index contributed by atoms with van der Waals surface area (Å²) in [6, 6.07) is 0. The molecule has 0 saturated heterocycles. The van der Waals surface area contributed by atoms with E-state index in [-0.39, 0.29) is 13.2 Å². The molecule has 0 bridgehead atoms. The third-order valence-electron chi connectivity index (χ3n) is 0.916. The molecule has 0 aliphatic heterocycles. The maximum absolute atomic E-state index is 10.4. The van der Waals surface area contributed by atoms with Gasteiger partial charge in [-0.05, 0) is 0 Å². The molecule has 0 rings (SSSR count). The van der Waals surface area contributed by atoms with Crippen molar-refractivity contribution in [1.29, 1.82) is 0 Å². The molecule has 0 heterocycles. The molecule has 1 atom stereocenters. The minimum atomic E-state index is -0.606. The highest BCUT2D eigenvalue weighted by Crippen LogP contribution is 1.88. The van der Waals surface area contributed by atoms with Crippen molar-refractivity contribution in [1.82, 2.24) is 0 Å².